The Bertz CT molecular complexity index is 355. The molecule has 1 aromatic carbocycles. The van der Waals surface area contributed by atoms with E-state index in [-0.39, 0.29) is 17.3 Å². The fraction of sp³-hybridized carbons (Fsp3) is 0.400. The first kappa shape index (κ1) is 11.9. The number of aliphatic hydroxyl groups excluding tert-OH is 1. The Balaban J connectivity index is 2.86. The third kappa shape index (κ3) is 3.18. The normalized spacial score (nSPS) is 10.3. The van der Waals surface area contributed by atoms with Gasteiger partial charge in [0.1, 0.15) is 5.02 Å². The summed E-state index contributed by atoms with van der Waals surface area (Å²) < 4.78 is 0. The SMILES string of the molecule is O=[N+]([O-])c1c(Cl)cccc1CCCCO. The van der Waals surface area contributed by atoms with Crippen molar-refractivity contribution in [3.8, 4) is 0 Å². The van der Waals surface area contributed by atoms with Crippen molar-refractivity contribution in [1.29, 1.82) is 0 Å². The molecule has 0 unspecified atom stereocenters. The van der Waals surface area contributed by atoms with Gasteiger partial charge in [-0.25, -0.2) is 0 Å². The van der Waals surface area contributed by atoms with Gasteiger partial charge in [0.15, 0.2) is 0 Å². The van der Waals surface area contributed by atoms with E-state index < -0.39 is 4.92 Å². The Hall–Kier alpha value is -1.13. The topological polar surface area (TPSA) is 63.4 Å². The van der Waals surface area contributed by atoms with Crippen molar-refractivity contribution in [3.63, 3.8) is 0 Å². The lowest BCUT2D eigenvalue weighted by Gasteiger charge is -2.03. The predicted octanol–water partition coefficient (Wildman–Crippen LogP) is 2.56. The summed E-state index contributed by atoms with van der Waals surface area (Å²) in [5.41, 5.74) is 0.609. The lowest BCUT2D eigenvalue weighted by Crippen LogP contribution is -1.97. The van der Waals surface area contributed by atoms with Crippen molar-refractivity contribution in [1.82, 2.24) is 0 Å². The van der Waals surface area contributed by atoms with Crippen LogP contribution in [0, 0.1) is 10.1 Å². The van der Waals surface area contributed by atoms with E-state index >= 15 is 0 Å². The third-order valence-corrected chi connectivity index (χ3v) is 2.41. The quantitative estimate of drug-likeness (QED) is 0.480. The molecule has 0 heterocycles. The Morgan fingerprint density at radius 2 is 2.13 bits per heavy atom. The van der Waals surface area contributed by atoms with E-state index in [9.17, 15) is 10.1 Å². The van der Waals surface area contributed by atoms with Crippen molar-refractivity contribution in [2.45, 2.75) is 19.3 Å². The number of nitro benzene ring substituents is 1. The van der Waals surface area contributed by atoms with Crippen LogP contribution in [-0.4, -0.2) is 16.6 Å². The minimum absolute atomic E-state index is 0.0166. The number of nitrogens with zero attached hydrogens (tertiary/aromatic N) is 1. The molecule has 15 heavy (non-hydrogen) atoms. The van der Waals surface area contributed by atoms with Crippen molar-refractivity contribution in [3.05, 3.63) is 38.9 Å². The minimum atomic E-state index is -0.462. The first-order valence-electron chi connectivity index (χ1n) is 4.69. The van der Waals surface area contributed by atoms with Gasteiger partial charge in [-0.3, -0.25) is 10.1 Å². The van der Waals surface area contributed by atoms with Crippen LogP contribution >= 0.6 is 11.6 Å². The summed E-state index contributed by atoms with van der Waals surface area (Å²) in [6, 6.07) is 4.90. The summed E-state index contributed by atoms with van der Waals surface area (Å²) in [6.45, 7) is 0.106. The third-order valence-electron chi connectivity index (χ3n) is 2.11. The zero-order valence-electron chi connectivity index (χ0n) is 8.15. The monoisotopic (exact) mass is 229 g/mol. The molecule has 0 aliphatic heterocycles. The molecule has 0 amide bonds. The van der Waals surface area contributed by atoms with Gasteiger partial charge >= 0.3 is 0 Å². The first-order chi connectivity index (χ1) is 7.16. The highest BCUT2D eigenvalue weighted by Crippen LogP contribution is 2.29. The fourth-order valence-corrected chi connectivity index (χ4v) is 1.66. The van der Waals surface area contributed by atoms with Crippen LogP contribution in [0.1, 0.15) is 18.4 Å². The number of aliphatic hydroxyl groups is 1. The Kier molecular flexibility index (Phi) is 4.52. The van der Waals surface area contributed by atoms with E-state index in [1.165, 1.54) is 6.07 Å². The number of rotatable bonds is 5. The number of halogens is 1. The largest absolute Gasteiger partial charge is 0.396 e. The average Bonchev–Trinajstić information content (AvgIpc) is 2.17. The summed E-state index contributed by atoms with van der Waals surface area (Å²) in [6.07, 6.45) is 1.93. The van der Waals surface area contributed by atoms with E-state index in [0.717, 1.165) is 6.42 Å². The van der Waals surface area contributed by atoms with Crippen LogP contribution in [0.5, 0.6) is 0 Å². The van der Waals surface area contributed by atoms with Gasteiger partial charge in [0.2, 0.25) is 0 Å². The fourth-order valence-electron chi connectivity index (χ4n) is 1.39. The van der Waals surface area contributed by atoms with Crippen LogP contribution in [0.4, 0.5) is 5.69 Å². The molecule has 82 valence electrons. The van der Waals surface area contributed by atoms with Gasteiger partial charge in [-0.1, -0.05) is 23.7 Å². The lowest BCUT2D eigenvalue weighted by atomic mass is 10.1. The second kappa shape index (κ2) is 5.68. The number of aryl methyl sites for hydroxylation is 1. The zero-order valence-corrected chi connectivity index (χ0v) is 8.91. The van der Waals surface area contributed by atoms with Crippen molar-refractivity contribution in [2.24, 2.45) is 0 Å². The molecule has 4 nitrogen and oxygen atoms in total. The summed E-state index contributed by atoms with van der Waals surface area (Å²) in [4.78, 5) is 10.3. The summed E-state index contributed by atoms with van der Waals surface area (Å²) >= 11 is 5.75. The van der Waals surface area contributed by atoms with E-state index in [0.29, 0.717) is 18.4 Å². The van der Waals surface area contributed by atoms with Gasteiger partial charge in [-0.2, -0.15) is 0 Å². The lowest BCUT2D eigenvalue weighted by molar-refractivity contribution is -0.385. The molecular formula is C10H12ClNO3. The van der Waals surface area contributed by atoms with Gasteiger partial charge in [0.25, 0.3) is 5.69 Å². The highest BCUT2D eigenvalue weighted by atomic mass is 35.5. The predicted molar refractivity (Wildman–Crippen MR) is 58.1 cm³/mol. The molecule has 5 heteroatoms. The van der Waals surface area contributed by atoms with Gasteiger partial charge in [0, 0.05) is 12.2 Å². The Morgan fingerprint density at radius 3 is 2.73 bits per heavy atom. The molecule has 0 fully saturated rings. The number of nitro groups is 1. The maximum Gasteiger partial charge on any atom is 0.291 e. The number of unbranched alkanes of at least 4 members (excludes halogenated alkanes) is 1. The molecule has 0 saturated carbocycles. The second-order valence-electron chi connectivity index (χ2n) is 3.19. The molecule has 0 aromatic heterocycles. The number of benzene rings is 1. The molecule has 0 aliphatic rings. The Labute approximate surface area is 92.6 Å². The molecule has 1 N–H and O–H groups in total. The summed E-state index contributed by atoms with van der Waals surface area (Å²) in [5, 5.41) is 19.5. The molecular weight excluding hydrogens is 218 g/mol. The molecule has 0 atom stereocenters. The van der Waals surface area contributed by atoms with Crippen LogP contribution in [0.3, 0.4) is 0 Å². The van der Waals surface area contributed by atoms with Crippen LogP contribution in [-0.2, 0) is 6.42 Å². The summed E-state index contributed by atoms with van der Waals surface area (Å²) in [7, 11) is 0. The van der Waals surface area contributed by atoms with Crippen LogP contribution in [0.2, 0.25) is 5.02 Å². The smallest absolute Gasteiger partial charge is 0.291 e. The maximum absolute atomic E-state index is 10.7. The van der Waals surface area contributed by atoms with Crippen molar-refractivity contribution in [2.75, 3.05) is 6.61 Å². The first-order valence-corrected chi connectivity index (χ1v) is 5.07. The number of para-hydroxylation sites is 1. The van der Waals surface area contributed by atoms with Gasteiger partial charge < -0.3 is 5.11 Å². The zero-order chi connectivity index (χ0) is 11.3. The van der Waals surface area contributed by atoms with E-state index in [4.69, 9.17) is 16.7 Å². The second-order valence-corrected chi connectivity index (χ2v) is 3.59. The molecule has 0 radical (unpaired) electrons. The van der Waals surface area contributed by atoms with E-state index in [2.05, 4.69) is 0 Å². The van der Waals surface area contributed by atoms with Gasteiger partial charge in [-0.15, -0.1) is 0 Å². The molecule has 1 rings (SSSR count). The van der Waals surface area contributed by atoms with Crippen LogP contribution in [0.15, 0.2) is 18.2 Å². The highest BCUT2D eigenvalue weighted by molar-refractivity contribution is 6.32. The van der Waals surface area contributed by atoms with Crippen LogP contribution in [0.25, 0.3) is 0 Å². The maximum atomic E-state index is 10.7. The van der Waals surface area contributed by atoms with Crippen molar-refractivity contribution >= 4 is 17.3 Å². The van der Waals surface area contributed by atoms with Crippen molar-refractivity contribution < 1.29 is 10.0 Å². The number of hydrogen-bond donors (Lipinski definition) is 1. The molecule has 0 bridgehead atoms. The molecule has 1 aromatic rings. The van der Waals surface area contributed by atoms with E-state index in [1.807, 2.05) is 0 Å². The van der Waals surface area contributed by atoms with E-state index in [1.54, 1.807) is 12.1 Å². The van der Waals surface area contributed by atoms with Gasteiger partial charge in [0.05, 0.1) is 4.92 Å². The Morgan fingerprint density at radius 1 is 1.40 bits per heavy atom. The minimum Gasteiger partial charge on any atom is -0.396 e. The van der Waals surface area contributed by atoms with Crippen LogP contribution < -0.4 is 0 Å². The standard InChI is InChI=1S/C10H12ClNO3/c11-9-6-3-5-8(4-1-2-7-13)10(9)12(14)15/h3,5-6,13H,1-2,4,7H2. The number of hydrogen-bond acceptors (Lipinski definition) is 3. The molecule has 0 aliphatic carbocycles. The molecule has 0 saturated heterocycles. The summed E-state index contributed by atoms with van der Waals surface area (Å²) in [5.74, 6) is 0. The molecule has 0 spiro atoms. The average molecular weight is 230 g/mol. The highest BCUT2D eigenvalue weighted by Gasteiger charge is 2.17. The van der Waals surface area contributed by atoms with Gasteiger partial charge in [-0.05, 0) is 25.3 Å².